The van der Waals surface area contributed by atoms with Crippen LogP contribution in [0.2, 0.25) is 5.02 Å². The van der Waals surface area contributed by atoms with Gasteiger partial charge in [0.05, 0.1) is 35.3 Å². The number of hydrogen-bond donors (Lipinski definition) is 0. The van der Waals surface area contributed by atoms with Crippen molar-refractivity contribution >= 4 is 17.5 Å². The third kappa shape index (κ3) is 4.98. The van der Waals surface area contributed by atoms with Crippen LogP contribution in [-0.4, -0.2) is 70.4 Å². The molecule has 2 aromatic rings. The Morgan fingerprint density at radius 3 is 2.45 bits per heavy atom. The zero-order chi connectivity index (χ0) is 23.1. The van der Waals surface area contributed by atoms with Gasteiger partial charge in [-0.3, -0.25) is 9.69 Å². The van der Waals surface area contributed by atoms with Crippen LogP contribution >= 0.6 is 11.6 Å². The summed E-state index contributed by atoms with van der Waals surface area (Å²) >= 11 is 6.38. The minimum Gasteiger partial charge on any atom is -0.373 e. The predicted octanol–water partition coefficient (Wildman–Crippen LogP) is 4.67. The van der Waals surface area contributed by atoms with Gasteiger partial charge in [0.25, 0.3) is 5.91 Å². The van der Waals surface area contributed by atoms with Gasteiger partial charge in [0.15, 0.2) is 0 Å². The van der Waals surface area contributed by atoms with Crippen LogP contribution in [0.4, 0.5) is 0 Å². The number of morpholine rings is 1. The summed E-state index contributed by atoms with van der Waals surface area (Å²) in [5, 5.41) is 5.36. The van der Waals surface area contributed by atoms with Gasteiger partial charge in [0.1, 0.15) is 0 Å². The molecule has 0 radical (unpaired) electrons. The third-order valence-electron chi connectivity index (χ3n) is 7.31. The second-order valence-corrected chi connectivity index (χ2v) is 10.7. The minimum atomic E-state index is 0.133. The van der Waals surface area contributed by atoms with Crippen LogP contribution in [0.25, 0.3) is 5.69 Å². The average molecular weight is 471 g/mol. The number of aromatic nitrogens is 2. The Hall–Kier alpha value is -1.89. The van der Waals surface area contributed by atoms with Crippen LogP contribution in [0.15, 0.2) is 24.4 Å². The number of carbonyl (C=O) groups is 1. The van der Waals surface area contributed by atoms with E-state index in [1.807, 2.05) is 34.7 Å². The summed E-state index contributed by atoms with van der Waals surface area (Å²) in [6, 6.07) is 5.99. The molecule has 2 unspecified atom stereocenters. The monoisotopic (exact) mass is 470 g/mol. The van der Waals surface area contributed by atoms with Gasteiger partial charge in [-0.05, 0) is 70.1 Å². The first-order valence-corrected chi connectivity index (χ1v) is 12.8. The Bertz CT molecular complexity index is 1000. The average Bonchev–Trinajstić information content (AvgIpc) is 3.53. The highest BCUT2D eigenvalue weighted by Crippen LogP contribution is 2.43. The molecule has 1 amide bonds. The maximum absolute atomic E-state index is 13.5. The minimum absolute atomic E-state index is 0.133. The summed E-state index contributed by atoms with van der Waals surface area (Å²) in [6.45, 7) is 11.1. The molecule has 5 rings (SSSR count). The van der Waals surface area contributed by atoms with Crippen LogP contribution in [0.5, 0.6) is 0 Å². The molecule has 0 N–H and O–H groups in total. The molecule has 1 saturated carbocycles. The second-order valence-electron chi connectivity index (χ2n) is 10.3. The maximum Gasteiger partial charge on any atom is 0.257 e. The summed E-state index contributed by atoms with van der Waals surface area (Å²) in [7, 11) is 0. The van der Waals surface area contributed by atoms with Crippen LogP contribution in [0.3, 0.4) is 0 Å². The van der Waals surface area contributed by atoms with Crippen molar-refractivity contribution in [2.24, 2.45) is 5.92 Å². The van der Waals surface area contributed by atoms with E-state index >= 15 is 0 Å². The molecule has 2 atom stereocenters. The first kappa shape index (κ1) is 22.9. The molecule has 7 heteroatoms. The Morgan fingerprint density at radius 2 is 1.82 bits per heavy atom. The summed E-state index contributed by atoms with van der Waals surface area (Å²) in [4.78, 5) is 18.1. The summed E-state index contributed by atoms with van der Waals surface area (Å²) in [5.74, 6) is 1.19. The van der Waals surface area contributed by atoms with Crippen molar-refractivity contribution in [2.45, 2.75) is 64.6 Å². The van der Waals surface area contributed by atoms with Crippen molar-refractivity contribution in [3.8, 4) is 5.69 Å². The number of halogens is 1. The van der Waals surface area contributed by atoms with Gasteiger partial charge in [-0.25, -0.2) is 4.68 Å². The lowest BCUT2D eigenvalue weighted by Crippen LogP contribution is -2.48. The van der Waals surface area contributed by atoms with E-state index in [2.05, 4.69) is 23.8 Å². The third-order valence-corrected chi connectivity index (χ3v) is 7.72. The summed E-state index contributed by atoms with van der Waals surface area (Å²) in [6.07, 6.45) is 6.73. The maximum atomic E-state index is 13.5. The first-order valence-electron chi connectivity index (χ1n) is 12.4. The van der Waals surface area contributed by atoms with Crippen molar-refractivity contribution in [2.75, 3.05) is 32.7 Å². The molecule has 1 aromatic heterocycles. The van der Waals surface area contributed by atoms with Crippen molar-refractivity contribution in [3.05, 3.63) is 46.2 Å². The lowest BCUT2D eigenvalue weighted by atomic mass is 9.95. The number of benzene rings is 1. The number of likely N-dealkylation sites (tertiary alicyclic amines) is 1. The molecule has 178 valence electrons. The highest BCUT2D eigenvalue weighted by Gasteiger charge is 2.35. The van der Waals surface area contributed by atoms with Crippen molar-refractivity contribution in [1.29, 1.82) is 0 Å². The molecule has 3 fully saturated rings. The molecule has 3 heterocycles. The smallest absolute Gasteiger partial charge is 0.257 e. The quantitative estimate of drug-likeness (QED) is 0.637. The van der Waals surface area contributed by atoms with Crippen LogP contribution < -0.4 is 0 Å². The molecule has 1 aliphatic carbocycles. The summed E-state index contributed by atoms with van der Waals surface area (Å²) < 4.78 is 7.81. The molecule has 0 spiro atoms. The Balaban J connectivity index is 1.26. The summed E-state index contributed by atoms with van der Waals surface area (Å²) in [5.41, 5.74) is 3.79. The zero-order valence-corrected chi connectivity index (χ0v) is 20.7. The largest absolute Gasteiger partial charge is 0.373 e. The second kappa shape index (κ2) is 9.40. The molecule has 3 aliphatic rings. The molecule has 1 aromatic carbocycles. The Morgan fingerprint density at radius 1 is 1.12 bits per heavy atom. The first-order chi connectivity index (χ1) is 15.9. The Labute approximate surface area is 201 Å². The van der Waals surface area contributed by atoms with E-state index in [9.17, 15) is 4.79 Å². The van der Waals surface area contributed by atoms with Crippen LogP contribution in [0, 0.1) is 12.8 Å². The Kier molecular flexibility index (Phi) is 6.51. The number of hydrogen-bond acceptors (Lipinski definition) is 4. The van der Waals surface area contributed by atoms with Gasteiger partial charge in [-0.15, -0.1) is 0 Å². The molecular weight excluding hydrogens is 436 g/mol. The molecule has 2 saturated heterocycles. The van der Waals surface area contributed by atoms with Gasteiger partial charge in [0.2, 0.25) is 0 Å². The van der Waals surface area contributed by atoms with Crippen molar-refractivity contribution < 1.29 is 9.53 Å². The topological polar surface area (TPSA) is 50.6 Å². The predicted molar refractivity (Wildman–Crippen MR) is 130 cm³/mol. The fourth-order valence-electron chi connectivity index (χ4n) is 5.48. The van der Waals surface area contributed by atoms with Gasteiger partial charge < -0.3 is 9.64 Å². The van der Waals surface area contributed by atoms with Gasteiger partial charge >= 0.3 is 0 Å². The lowest BCUT2D eigenvalue weighted by Gasteiger charge is -2.39. The van der Waals surface area contributed by atoms with Crippen LogP contribution in [-0.2, 0) is 4.74 Å². The SMILES string of the molecule is Cc1ccc(-n2ncc(C(=O)N3CCC(CN4CC(C)OC(C)C4)CC3)c2C2CC2)cc1Cl. The van der Waals surface area contributed by atoms with E-state index < -0.39 is 0 Å². The number of nitrogens with zero attached hydrogens (tertiary/aromatic N) is 4. The number of aryl methyl sites for hydroxylation is 1. The fraction of sp³-hybridized carbons (Fsp3) is 0.615. The van der Waals surface area contributed by atoms with Gasteiger partial charge in [0, 0.05) is 43.7 Å². The van der Waals surface area contributed by atoms with Crippen LogP contribution in [0.1, 0.15) is 67.1 Å². The highest BCUT2D eigenvalue weighted by molar-refractivity contribution is 6.31. The van der Waals surface area contributed by atoms with E-state index in [0.717, 1.165) is 85.9 Å². The molecular formula is C26H35ClN4O2. The lowest BCUT2D eigenvalue weighted by molar-refractivity contribution is -0.0728. The molecule has 2 aliphatic heterocycles. The van der Waals surface area contributed by atoms with Crippen molar-refractivity contribution in [1.82, 2.24) is 19.6 Å². The normalized spacial score (nSPS) is 24.9. The van der Waals surface area contributed by atoms with E-state index in [1.54, 1.807) is 6.20 Å². The standard InChI is InChI=1S/C26H35ClN4O2/c1-17-4-7-22(12-24(17)27)31-25(21-5-6-21)23(13-28-31)26(32)30-10-8-20(9-11-30)16-29-14-18(2)33-19(3)15-29/h4,7,12-13,18-21H,5-6,8-11,14-16H2,1-3H3. The number of rotatable bonds is 5. The van der Waals surface area contributed by atoms with E-state index in [0.29, 0.717) is 24.0 Å². The van der Waals surface area contributed by atoms with Gasteiger partial charge in [-0.1, -0.05) is 17.7 Å². The number of amides is 1. The molecule has 0 bridgehead atoms. The fourth-order valence-corrected chi connectivity index (χ4v) is 5.65. The van der Waals surface area contributed by atoms with E-state index in [1.165, 1.54) is 0 Å². The van der Waals surface area contributed by atoms with E-state index in [-0.39, 0.29) is 5.91 Å². The number of ether oxygens (including phenoxy) is 1. The molecule has 6 nitrogen and oxygen atoms in total. The van der Waals surface area contributed by atoms with E-state index in [4.69, 9.17) is 16.3 Å². The zero-order valence-electron chi connectivity index (χ0n) is 20.0. The van der Waals surface area contributed by atoms with Crippen molar-refractivity contribution in [3.63, 3.8) is 0 Å². The van der Waals surface area contributed by atoms with Gasteiger partial charge in [-0.2, -0.15) is 5.10 Å². The number of carbonyl (C=O) groups excluding carboxylic acids is 1. The highest BCUT2D eigenvalue weighted by atomic mass is 35.5. The molecule has 33 heavy (non-hydrogen) atoms. The number of piperidine rings is 1.